The minimum atomic E-state index is -1.15. The molecule has 1 N–H and O–H groups in total. The van der Waals surface area contributed by atoms with Gasteiger partial charge in [0.2, 0.25) is 0 Å². The maximum absolute atomic E-state index is 13.2. The maximum atomic E-state index is 13.2. The first-order chi connectivity index (χ1) is 14.8. The molecule has 2 atom stereocenters. The van der Waals surface area contributed by atoms with Crippen LogP contribution in [0, 0.1) is 0 Å². The van der Waals surface area contributed by atoms with Crippen LogP contribution in [-0.2, 0) is 11.5 Å². The second-order valence-electron chi connectivity index (χ2n) is 9.54. The molecule has 1 saturated heterocycles. The molecule has 0 bridgehead atoms. The average Bonchev–Trinajstić information content (AvgIpc) is 3.43. The highest BCUT2D eigenvalue weighted by Gasteiger charge is 2.35. The number of nitrogens with zero attached hydrogens (tertiary/aromatic N) is 4. The Kier molecular flexibility index (Phi) is 6.85. The third-order valence-electron chi connectivity index (χ3n) is 5.94. The van der Waals surface area contributed by atoms with Gasteiger partial charge in [0.15, 0.2) is 5.17 Å². The van der Waals surface area contributed by atoms with E-state index < -0.39 is 8.07 Å². The van der Waals surface area contributed by atoms with Crippen LogP contribution in [0.3, 0.4) is 0 Å². The van der Waals surface area contributed by atoms with E-state index in [2.05, 4.69) is 34.5 Å². The Labute approximate surface area is 188 Å². The third-order valence-corrected chi connectivity index (χ3v) is 8.62. The SMILES string of the molecule is C[Si](C)(C)CCOCn1cc(C(=O)/N=C2\SCCN2C2CCCC2O)c2cccnc21. The number of carbonyl (C=O) groups is 1. The fourth-order valence-corrected chi connectivity index (χ4v) is 5.95. The number of rotatable bonds is 7. The van der Waals surface area contributed by atoms with Gasteiger partial charge in [0.25, 0.3) is 5.91 Å². The van der Waals surface area contributed by atoms with Gasteiger partial charge in [-0.25, -0.2) is 4.98 Å². The molecule has 2 aromatic rings. The topological polar surface area (TPSA) is 80.0 Å². The summed E-state index contributed by atoms with van der Waals surface area (Å²) in [7, 11) is -1.15. The smallest absolute Gasteiger partial charge is 0.281 e. The van der Waals surface area contributed by atoms with Crippen molar-refractivity contribution in [2.45, 2.75) is 63.8 Å². The van der Waals surface area contributed by atoms with E-state index in [0.717, 1.165) is 53.8 Å². The molecule has 1 aliphatic carbocycles. The molecule has 9 heteroatoms. The van der Waals surface area contributed by atoms with E-state index in [1.807, 2.05) is 22.9 Å². The number of thioether (sulfide) groups is 1. The van der Waals surface area contributed by atoms with Crippen LogP contribution in [0.1, 0.15) is 29.6 Å². The van der Waals surface area contributed by atoms with Crippen LogP contribution in [0.5, 0.6) is 0 Å². The Morgan fingerprint density at radius 1 is 1.39 bits per heavy atom. The van der Waals surface area contributed by atoms with Gasteiger partial charge in [0, 0.05) is 44.8 Å². The summed E-state index contributed by atoms with van der Waals surface area (Å²) >= 11 is 1.59. The van der Waals surface area contributed by atoms with Crippen LogP contribution < -0.4 is 0 Å². The molecular formula is C22H32N4O3SSi. The van der Waals surface area contributed by atoms with E-state index in [4.69, 9.17) is 4.74 Å². The van der Waals surface area contributed by atoms with Crippen LogP contribution in [0.15, 0.2) is 29.5 Å². The van der Waals surface area contributed by atoms with E-state index in [1.54, 1.807) is 18.0 Å². The van der Waals surface area contributed by atoms with E-state index in [-0.39, 0.29) is 18.1 Å². The van der Waals surface area contributed by atoms with Crippen molar-refractivity contribution < 1.29 is 14.6 Å². The van der Waals surface area contributed by atoms with Gasteiger partial charge in [-0.2, -0.15) is 4.99 Å². The lowest BCUT2D eigenvalue weighted by molar-refractivity contribution is 0.0894. The largest absolute Gasteiger partial charge is 0.391 e. The summed E-state index contributed by atoms with van der Waals surface area (Å²) in [4.78, 5) is 24.2. The maximum Gasteiger partial charge on any atom is 0.281 e. The minimum absolute atomic E-state index is 0.0734. The van der Waals surface area contributed by atoms with Crippen molar-refractivity contribution in [1.82, 2.24) is 14.5 Å². The van der Waals surface area contributed by atoms with Crippen molar-refractivity contribution in [2.75, 3.05) is 18.9 Å². The molecule has 168 valence electrons. The predicted octanol–water partition coefficient (Wildman–Crippen LogP) is 3.81. The molecule has 1 saturated carbocycles. The molecule has 1 aliphatic heterocycles. The van der Waals surface area contributed by atoms with Gasteiger partial charge >= 0.3 is 0 Å². The summed E-state index contributed by atoms with van der Waals surface area (Å²) in [5.74, 6) is 0.629. The number of hydrogen-bond donors (Lipinski definition) is 1. The van der Waals surface area contributed by atoms with Crippen molar-refractivity contribution >= 4 is 41.9 Å². The molecule has 31 heavy (non-hydrogen) atoms. The normalized spacial score (nSPS) is 23.4. The van der Waals surface area contributed by atoms with Crippen LogP contribution in [-0.4, -0.2) is 69.8 Å². The molecule has 4 rings (SSSR count). The molecule has 3 heterocycles. The summed E-state index contributed by atoms with van der Waals surface area (Å²) in [5.41, 5.74) is 1.28. The van der Waals surface area contributed by atoms with E-state index in [9.17, 15) is 9.90 Å². The van der Waals surface area contributed by atoms with Gasteiger partial charge in [0.05, 0.1) is 17.7 Å². The van der Waals surface area contributed by atoms with Crippen molar-refractivity contribution in [3.63, 3.8) is 0 Å². The van der Waals surface area contributed by atoms with Crippen molar-refractivity contribution in [3.8, 4) is 0 Å². The third kappa shape index (κ3) is 5.22. The highest BCUT2D eigenvalue weighted by atomic mass is 32.2. The fourth-order valence-electron chi connectivity index (χ4n) is 4.18. The molecule has 2 fully saturated rings. The Morgan fingerprint density at radius 3 is 2.97 bits per heavy atom. The lowest BCUT2D eigenvalue weighted by atomic mass is 10.2. The quantitative estimate of drug-likeness (QED) is 0.500. The Balaban J connectivity index is 1.53. The fraction of sp³-hybridized carbons (Fsp3) is 0.591. The summed E-state index contributed by atoms with van der Waals surface area (Å²) in [6, 6.07) is 4.92. The van der Waals surface area contributed by atoms with Crippen LogP contribution in [0.2, 0.25) is 25.7 Å². The Bertz CT molecular complexity index is 971. The zero-order valence-electron chi connectivity index (χ0n) is 18.6. The standard InChI is InChI=1S/C22H32N4O3SSi/c1-31(2,3)13-11-29-15-25-14-17(16-6-5-9-23-20(16)25)21(28)24-22-26(10-12-30-22)18-7-4-8-19(18)27/h5-6,9,14,18-19,27H,4,7-8,10-13,15H2,1-3H3/b24-22-. The van der Waals surface area contributed by atoms with Crippen molar-refractivity contribution in [1.29, 1.82) is 0 Å². The zero-order valence-corrected chi connectivity index (χ0v) is 20.4. The monoisotopic (exact) mass is 460 g/mol. The number of carbonyl (C=O) groups excluding carboxylic acids is 1. The summed E-state index contributed by atoms with van der Waals surface area (Å²) in [5, 5.41) is 11.8. The Morgan fingerprint density at radius 2 is 2.23 bits per heavy atom. The van der Waals surface area contributed by atoms with Gasteiger partial charge in [-0.05, 0) is 37.4 Å². The lowest BCUT2D eigenvalue weighted by Gasteiger charge is -2.27. The van der Waals surface area contributed by atoms with E-state index in [1.165, 1.54) is 0 Å². The molecule has 0 radical (unpaired) electrons. The number of aliphatic hydroxyl groups excluding tert-OH is 1. The van der Waals surface area contributed by atoms with Crippen LogP contribution in [0.25, 0.3) is 11.0 Å². The highest BCUT2D eigenvalue weighted by molar-refractivity contribution is 8.14. The second-order valence-corrected chi connectivity index (χ2v) is 16.2. The van der Waals surface area contributed by atoms with Crippen molar-refractivity contribution in [2.24, 2.45) is 4.99 Å². The van der Waals surface area contributed by atoms with Crippen molar-refractivity contribution in [3.05, 3.63) is 30.1 Å². The summed E-state index contributed by atoms with van der Waals surface area (Å²) < 4.78 is 7.79. The van der Waals surface area contributed by atoms with E-state index in [0.29, 0.717) is 18.9 Å². The summed E-state index contributed by atoms with van der Waals surface area (Å²) in [6.45, 7) is 8.89. The average molecular weight is 461 g/mol. The molecular weight excluding hydrogens is 428 g/mol. The number of amidine groups is 1. The summed E-state index contributed by atoms with van der Waals surface area (Å²) in [6.07, 6.45) is 6.00. The first kappa shape index (κ1) is 22.5. The predicted molar refractivity (Wildman–Crippen MR) is 128 cm³/mol. The highest BCUT2D eigenvalue weighted by Crippen LogP contribution is 2.31. The van der Waals surface area contributed by atoms with Crippen LogP contribution in [0.4, 0.5) is 0 Å². The first-order valence-electron chi connectivity index (χ1n) is 11.1. The van der Waals surface area contributed by atoms with Crippen LogP contribution >= 0.6 is 11.8 Å². The number of pyridine rings is 1. The first-order valence-corrected chi connectivity index (χ1v) is 15.7. The molecule has 2 aliphatic rings. The molecule has 1 amide bonds. The second kappa shape index (κ2) is 9.44. The van der Waals surface area contributed by atoms with Gasteiger partial charge in [-0.3, -0.25) is 4.79 Å². The van der Waals surface area contributed by atoms with E-state index >= 15 is 0 Å². The number of ether oxygens (including phenoxy) is 1. The molecule has 0 aromatic carbocycles. The zero-order chi connectivity index (χ0) is 22.0. The molecule has 0 spiro atoms. The number of hydrogen-bond acceptors (Lipinski definition) is 5. The van der Waals surface area contributed by atoms with Gasteiger partial charge < -0.3 is 19.3 Å². The molecule has 7 nitrogen and oxygen atoms in total. The number of aromatic nitrogens is 2. The molecule has 2 aromatic heterocycles. The lowest BCUT2D eigenvalue weighted by Crippen LogP contribution is -2.41. The van der Waals surface area contributed by atoms with Gasteiger partial charge in [0.1, 0.15) is 12.4 Å². The van der Waals surface area contributed by atoms with Gasteiger partial charge in [-0.15, -0.1) is 0 Å². The molecule has 2 unspecified atom stereocenters. The Hall–Kier alpha value is -1.68. The van der Waals surface area contributed by atoms with Gasteiger partial charge in [-0.1, -0.05) is 31.4 Å². The number of amides is 1. The number of fused-ring (bicyclic) bond motifs is 1. The number of aliphatic hydroxyl groups is 1. The number of aliphatic imine (C=N–C) groups is 1. The minimum Gasteiger partial charge on any atom is -0.391 e.